The summed E-state index contributed by atoms with van der Waals surface area (Å²) >= 11 is 0. The lowest BCUT2D eigenvalue weighted by Crippen LogP contribution is -2.48. The summed E-state index contributed by atoms with van der Waals surface area (Å²) in [5.41, 5.74) is 0.477. The molecular weight excluding hydrogens is 344 g/mol. The highest BCUT2D eigenvalue weighted by Crippen LogP contribution is 2.13. The number of benzene rings is 1. The molecular formula is C21H30N2O4. The first-order chi connectivity index (χ1) is 12.9. The minimum absolute atomic E-state index is 0.161. The molecule has 0 aliphatic carbocycles. The Labute approximate surface area is 161 Å². The molecule has 1 saturated heterocycles. The Kier molecular flexibility index (Phi) is 7.82. The van der Waals surface area contributed by atoms with Crippen LogP contribution in [-0.2, 0) is 14.3 Å². The predicted octanol–water partition coefficient (Wildman–Crippen LogP) is 2.78. The highest BCUT2D eigenvalue weighted by atomic mass is 16.5. The highest BCUT2D eigenvalue weighted by molar-refractivity contribution is 5.97. The van der Waals surface area contributed by atoms with Gasteiger partial charge in [-0.15, -0.1) is 0 Å². The van der Waals surface area contributed by atoms with Crippen LogP contribution in [0.15, 0.2) is 30.3 Å². The molecule has 1 aromatic rings. The van der Waals surface area contributed by atoms with Gasteiger partial charge in [0.15, 0.2) is 6.10 Å². The minimum Gasteiger partial charge on any atom is -0.451 e. The summed E-state index contributed by atoms with van der Waals surface area (Å²) in [6.45, 7) is 6.68. The maximum Gasteiger partial charge on any atom is 0.329 e. The van der Waals surface area contributed by atoms with Crippen molar-refractivity contribution in [3.8, 4) is 0 Å². The number of amides is 2. The van der Waals surface area contributed by atoms with Gasteiger partial charge in [0, 0.05) is 18.7 Å². The molecule has 0 aromatic heterocycles. The van der Waals surface area contributed by atoms with Crippen LogP contribution in [-0.4, -0.2) is 47.9 Å². The molecule has 27 heavy (non-hydrogen) atoms. The van der Waals surface area contributed by atoms with Gasteiger partial charge in [-0.3, -0.25) is 9.59 Å². The third-order valence-electron chi connectivity index (χ3n) is 4.80. The van der Waals surface area contributed by atoms with Crippen molar-refractivity contribution in [2.45, 2.75) is 58.6 Å². The zero-order chi connectivity index (χ0) is 19.8. The number of hydrogen-bond donors (Lipinski definition) is 1. The molecule has 0 unspecified atom stereocenters. The van der Waals surface area contributed by atoms with E-state index >= 15 is 0 Å². The molecule has 0 saturated carbocycles. The van der Waals surface area contributed by atoms with Gasteiger partial charge < -0.3 is 15.0 Å². The zero-order valence-electron chi connectivity index (χ0n) is 16.4. The molecule has 6 nitrogen and oxygen atoms in total. The number of likely N-dealkylation sites (tertiary alicyclic amines) is 1. The Morgan fingerprint density at radius 3 is 2.11 bits per heavy atom. The monoisotopic (exact) mass is 374 g/mol. The largest absolute Gasteiger partial charge is 0.451 e. The summed E-state index contributed by atoms with van der Waals surface area (Å²) in [4.78, 5) is 39.3. The number of nitrogens with one attached hydrogen (secondary N) is 1. The Hall–Kier alpha value is -2.37. The maximum absolute atomic E-state index is 12.6. The number of esters is 1. The van der Waals surface area contributed by atoms with Crippen molar-refractivity contribution in [1.29, 1.82) is 0 Å². The van der Waals surface area contributed by atoms with Crippen LogP contribution >= 0.6 is 0 Å². The SMILES string of the molecule is CC(C)[C@@H](NC(=O)c1ccccc1)C(=O)O[C@@H](C)C(=O)N1CCCCCC1. The standard InChI is InChI=1S/C21H30N2O4/c1-15(2)18(22-19(24)17-11-7-6-8-12-17)21(26)27-16(3)20(25)23-13-9-4-5-10-14-23/h6-8,11-12,15-16,18H,4-5,9-10,13-14H2,1-3H3,(H,22,24)/t16-,18+/m0/s1. The van der Waals surface area contributed by atoms with E-state index in [9.17, 15) is 14.4 Å². The zero-order valence-corrected chi connectivity index (χ0v) is 16.4. The molecule has 1 aromatic carbocycles. The van der Waals surface area contributed by atoms with Crippen LogP contribution in [0.2, 0.25) is 0 Å². The Balaban J connectivity index is 1.97. The first kappa shape index (κ1) is 20.9. The third kappa shape index (κ3) is 6.08. The minimum atomic E-state index is -0.856. The molecule has 0 spiro atoms. The quantitative estimate of drug-likeness (QED) is 0.777. The van der Waals surface area contributed by atoms with Crippen LogP contribution < -0.4 is 5.32 Å². The van der Waals surface area contributed by atoms with Crippen LogP contribution in [0.1, 0.15) is 56.8 Å². The van der Waals surface area contributed by atoms with E-state index in [0.717, 1.165) is 25.7 Å². The fourth-order valence-electron chi connectivity index (χ4n) is 3.16. The van der Waals surface area contributed by atoms with Gasteiger partial charge in [-0.05, 0) is 37.8 Å². The molecule has 2 rings (SSSR count). The lowest BCUT2D eigenvalue weighted by atomic mass is 10.0. The lowest BCUT2D eigenvalue weighted by molar-refractivity contribution is -0.161. The molecule has 2 atom stereocenters. The summed E-state index contributed by atoms with van der Waals surface area (Å²) in [5.74, 6) is -1.24. The highest BCUT2D eigenvalue weighted by Gasteiger charge is 2.31. The van der Waals surface area contributed by atoms with E-state index < -0.39 is 18.1 Å². The van der Waals surface area contributed by atoms with Crippen LogP contribution in [0.25, 0.3) is 0 Å². The second-order valence-corrected chi connectivity index (χ2v) is 7.38. The smallest absolute Gasteiger partial charge is 0.329 e. The van der Waals surface area contributed by atoms with E-state index in [0.29, 0.717) is 18.7 Å². The molecule has 2 amide bonds. The predicted molar refractivity (Wildman–Crippen MR) is 103 cm³/mol. The number of nitrogens with zero attached hydrogens (tertiary/aromatic N) is 1. The van der Waals surface area contributed by atoms with E-state index in [-0.39, 0.29) is 17.7 Å². The fraction of sp³-hybridized carbons (Fsp3) is 0.571. The van der Waals surface area contributed by atoms with E-state index in [1.54, 1.807) is 36.1 Å². The first-order valence-corrected chi connectivity index (χ1v) is 9.75. The molecule has 0 bridgehead atoms. The number of rotatable bonds is 6. The average molecular weight is 374 g/mol. The average Bonchev–Trinajstić information content (AvgIpc) is 2.95. The maximum atomic E-state index is 12.6. The van der Waals surface area contributed by atoms with Crippen molar-refractivity contribution < 1.29 is 19.1 Å². The van der Waals surface area contributed by atoms with Gasteiger partial charge in [0.1, 0.15) is 6.04 Å². The van der Waals surface area contributed by atoms with Crippen molar-refractivity contribution in [2.24, 2.45) is 5.92 Å². The van der Waals surface area contributed by atoms with Crippen molar-refractivity contribution in [3.63, 3.8) is 0 Å². The summed E-state index contributed by atoms with van der Waals surface area (Å²) in [5, 5.41) is 2.73. The molecule has 1 aliphatic heterocycles. The van der Waals surface area contributed by atoms with E-state index in [2.05, 4.69) is 5.32 Å². The van der Waals surface area contributed by atoms with Gasteiger partial charge in [0.25, 0.3) is 11.8 Å². The molecule has 6 heteroatoms. The molecule has 0 radical (unpaired) electrons. The molecule has 1 heterocycles. The van der Waals surface area contributed by atoms with Crippen LogP contribution in [0.5, 0.6) is 0 Å². The number of hydrogen-bond acceptors (Lipinski definition) is 4. The summed E-state index contributed by atoms with van der Waals surface area (Å²) in [6.07, 6.45) is 3.35. The molecule has 1 fully saturated rings. The molecule has 1 N–H and O–H groups in total. The van der Waals surface area contributed by atoms with E-state index in [1.165, 1.54) is 0 Å². The Morgan fingerprint density at radius 1 is 0.963 bits per heavy atom. The van der Waals surface area contributed by atoms with Gasteiger partial charge >= 0.3 is 5.97 Å². The van der Waals surface area contributed by atoms with Crippen molar-refractivity contribution in [3.05, 3.63) is 35.9 Å². The molecule has 148 valence electrons. The van der Waals surface area contributed by atoms with E-state index in [4.69, 9.17) is 4.74 Å². The Bertz CT molecular complexity index is 637. The Morgan fingerprint density at radius 2 is 1.56 bits per heavy atom. The van der Waals surface area contributed by atoms with E-state index in [1.807, 2.05) is 19.9 Å². The summed E-state index contributed by atoms with van der Waals surface area (Å²) in [6, 6.07) is 7.91. The van der Waals surface area contributed by atoms with Gasteiger partial charge in [-0.1, -0.05) is 44.9 Å². The number of ether oxygens (including phenoxy) is 1. The topological polar surface area (TPSA) is 75.7 Å². The van der Waals surface area contributed by atoms with Crippen LogP contribution in [0.3, 0.4) is 0 Å². The second-order valence-electron chi connectivity index (χ2n) is 7.38. The normalized spacial score (nSPS) is 17.0. The van der Waals surface area contributed by atoms with Gasteiger partial charge in [0.05, 0.1) is 0 Å². The number of carbonyl (C=O) groups excluding carboxylic acids is 3. The van der Waals surface area contributed by atoms with Gasteiger partial charge in [0.2, 0.25) is 0 Å². The van der Waals surface area contributed by atoms with Crippen LogP contribution in [0.4, 0.5) is 0 Å². The van der Waals surface area contributed by atoms with Crippen LogP contribution in [0, 0.1) is 5.92 Å². The second kappa shape index (κ2) is 10.1. The van der Waals surface area contributed by atoms with Crippen molar-refractivity contribution >= 4 is 17.8 Å². The lowest BCUT2D eigenvalue weighted by Gasteiger charge is -2.26. The molecule has 1 aliphatic rings. The third-order valence-corrected chi connectivity index (χ3v) is 4.80. The van der Waals surface area contributed by atoms with Gasteiger partial charge in [-0.25, -0.2) is 4.79 Å². The number of carbonyl (C=O) groups is 3. The first-order valence-electron chi connectivity index (χ1n) is 9.75. The van der Waals surface area contributed by atoms with Gasteiger partial charge in [-0.2, -0.15) is 0 Å². The summed E-state index contributed by atoms with van der Waals surface area (Å²) < 4.78 is 5.42. The fourth-order valence-corrected chi connectivity index (χ4v) is 3.16. The van der Waals surface area contributed by atoms with Crippen molar-refractivity contribution in [1.82, 2.24) is 10.2 Å². The summed E-state index contributed by atoms with van der Waals surface area (Å²) in [7, 11) is 0. The van der Waals surface area contributed by atoms with Crippen molar-refractivity contribution in [2.75, 3.05) is 13.1 Å².